The van der Waals surface area contributed by atoms with E-state index in [1.165, 1.54) is 0 Å². The molecule has 1 aliphatic carbocycles. The average molecular weight is 312 g/mol. The number of aryl methyl sites for hydroxylation is 1. The highest BCUT2D eigenvalue weighted by Gasteiger charge is 2.29. The summed E-state index contributed by atoms with van der Waals surface area (Å²) in [6.45, 7) is 2.37. The first-order valence-corrected chi connectivity index (χ1v) is 7.05. The smallest absolute Gasteiger partial charge is 0.224 e. The fourth-order valence-corrected chi connectivity index (χ4v) is 2.43. The number of hydrogen-bond donors (Lipinski definition) is 2. The van der Waals surface area contributed by atoms with Gasteiger partial charge in [0.1, 0.15) is 0 Å². The number of hydrogen-bond acceptors (Lipinski definition) is 2. The van der Waals surface area contributed by atoms with Gasteiger partial charge < -0.3 is 10.4 Å². The summed E-state index contributed by atoms with van der Waals surface area (Å²) in [6, 6.07) is 5.90. The van der Waals surface area contributed by atoms with Gasteiger partial charge in [0.2, 0.25) is 5.91 Å². The maximum atomic E-state index is 11.8. The first kappa shape index (κ1) is 13.6. The largest absolute Gasteiger partial charge is 0.391 e. The second-order valence-electron chi connectivity index (χ2n) is 4.96. The van der Waals surface area contributed by atoms with Gasteiger partial charge in [-0.2, -0.15) is 0 Å². The van der Waals surface area contributed by atoms with Crippen LogP contribution < -0.4 is 5.32 Å². The molecule has 2 N–H and O–H groups in total. The number of halogens is 1. The molecule has 18 heavy (non-hydrogen) atoms. The summed E-state index contributed by atoms with van der Waals surface area (Å²) in [7, 11) is 0. The van der Waals surface area contributed by atoms with Crippen molar-refractivity contribution in [1.82, 2.24) is 5.32 Å². The van der Waals surface area contributed by atoms with Crippen LogP contribution in [0.5, 0.6) is 0 Å². The lowest BCUT2D eigenvalue weighted by molar-refractivity contribution is -0.120. The van der Waals surface area contributed by atoms with Crippen molar-refractivity contribution in [3.8, 4) is 0 Å². The molecular formula is C14H18BrNO2. The maximum absolute atomic E-state index is 11.8. The van der Waals surface area contributed by atoms with Crippen LogP contribution in [0.15, 0.2) is 22.7 Å². The second-order valence-corrected chi connectivity index (χ2v) is 5.87. The number of carbonyl (C=O) groups is 1. The Bertz CT molecular complexity index is 443. The zero-order valence-electron chi connectivity index (χ0n) is 10.4. The lowest BCUT2D eigenvalue weighted by Gasteiger charge is -2.11. The van der Waals surface area contributed by atoms with Gasteiger partial charge in [0.15, 0.2) is 0 Å². The van der Waals surface area contributed by atoms with Crippen molar-refractivity contribution in [3.05, 3.63) is 33.8 Å². The van der Waals surface area contributed by atoms with Gasteiger partial charge in [0, 0.05) is 11.0 Å². The number of nitrogens with one attached hydrogen (secondary N) is 1. The molecule has 0 radical (unpaired) electrons. The van der Waals surface area contributed by atoms with Crippen molar-refractivity contribution in [3.63, 3.8) is 0 Å². The third-order valence-corrected chi connectivity index (χ3v) is 3.82. The molecular weight excluding hydrogens is 294 g/mol. The maximum Gasteiger partial charge on any atom is 0.224 e. The van der Waals surface area contributed by atoms with E-state index in [9.17, 15) is 9.90 Å². The normalized spacial score (nSPS) is 16.4. The number of rotatable bonds is 5. The Kier molecular flexibility index (Phi) is 4.40. The summed E-state index contributed by atoms with van der Waals surface area (Å²) in [6.07, 6.45) is 2.17. The summed E-state index contributed by atoms with van der Waals surface area (Å²) in [5, 5.41) is 12.5. The molecule has 1 amide bonds. The molecule has 0 spiro atoms. The van der Waals surface area contributed by atoms with Gasteiger partial charge in [0.25, 0.3) is 0 Å². The van der Waals surface area contributed by atoms with Crippen molar-refractivity contribution in [1.29, 1.82) is 0 Å². The predicted molar refractivity (Wildman–Crippen MR) is 74.3 cm³/mol. The minimum Gasteiger partial charge on any atom is -0.391 e. The van der Waals surface area contributed by atoms with E-state index < -0.39 is 0 Å². The number of benzene rings is 1. The fourth-order valence-electron chi connectivity index (χ4n) is 1.96. The Morgan fingerprint density at radius 2 is 2.28 bits per heavy atom. The molecule has 0 aromatic heterocycles. The van der Waals surface area contributed by atoms with E-state index in [2.05, 4.69) is 21.2 Å². The van der Waals surface area contributed by atoms with Crippen LogP contribution in [0.2, 0.25) is 0 Å². The molecule has 1 aromatic carbocycles. The second kappa shape index (κ2) is 5.85. The van der Waals surface area contributed by atoms with Gasteiger partial charge >= 0.3 is 0 Å². The molecule has 0 aliphatic heterocycles. The van der Waals surface area contributed by atoms with E-state index in [0.717, 1.165) is 28.4 Å². The molecule has 0 saturated heterocycles. The number of amides is 1. The molecule has 1 aliphatic rings. The minimum atomic E-state index is -0.375. The highest BCUT2D eigenvalue weighted by atomic mass is 79.9. The van der Waals surface area contributed by atoms with E-state index in [-0.39, 0.29) is 12.0 Å². The Balaban J connectivity index is 1.82. The van der Waals surface area contributed by atoms with Gasteiger partial charge in [-0.25, -0.2) is 0 Å². The van der Waals surface area contributed by atoms with Crippen molar-refractivity contribution in [2.45, 2.75) is 32.3 Å². The predicted octanol–water partition coefficient (Wildman–Crippen LogP) is 2.19. The van der Waals surface area contributed by atoms with Crippen LogP contribution in [-0.2, 0) is 11.2 Å². The fraction of sp³-hybridized carbons (Fsp3) is 0.500. The summed E-state index contributed by atoms with van der Waals surface area (Å²) in [5.41, 5.74) is 2.12. The standard InChI is InChI=1S/C14H18BrNO2/c1-9-6-12(15)5-4-11(9)7-14(18)16-8-13(17)10-2-3-10/h4-6,10,13,17H,2-3,7-8H2,1H3,(H,16,18)/t13-/m1/s1. The van der Waals surface area contributed by atoms with Crippen LogP contribution in [0.3, 0.4) is 0 Å². The van der Waals surface area contributed by atoms with Crippen LogP contribution in [0.4, 0.5) is 0 Å². The quantitative estimate of drug-likeness (QED) is 0.875. The van der Waals surface area contributed by atoms with Crippen molar-refractivity contribution in [2.24, 2.45) is 5.92 Å². The molecule has 1 fully saturated rings. The molecule has 4 heteroatoms. The highest BCUT2D eigenvalue weighted by molar-refractivity contribution is 9.10. The summed E-state index contributed by atoms with van der Waals surface area (Å²) in [5.74, 6) is 0.375. The van der Waals surface area contributed by atoms with E-state index in [1.54, 1.807) is 0 Å². The van der Waals surface area contributed by atoms with Gasteiger partial charge in [-0.05, 0) is 48.9 Å². The van der Waals surface area contributed by atoms with E-state index in [4.69, 9.17) is 0 Å². The topological polar surface area (TPSA) is 49.3 Å². The van der Waals surface area contributed by atoms with Gasteiger partial charge in [-0.15, -0.1) is 0 Å². The van der Waals surface area contributed by atoms with Crippen LogP contribution >= 0.6 is 15.9 Å². The molecule has 2 rings (SSSR count). The molecule has 1 saturated carbocycles. The van der Waals surface area contributed by atoms with E-state index >= 15 is 0 Å². The Morgan fingerprint density at radius 1 is 1.56 bits per heavy atom. The van der Waals surface area contributed by atoms with E-state index in [1.807, 2.05) is 25.1 Å². The SMILES string of the molecule is Cc1cc(Br)ccc1CC(=O)NC[C@@H](O)C1CC1. The average Bonchev–Trinajstić information content (AvgIpc) is 3.14. The molecule has 0 heterocycles. The van der Waals surface area contributed by atoms with Crippen LogP contribution in [-0.4, -0.2) is 23.7 Å². The number of carbonyl (C=O) groups excluding carboxylic acids is 1. The Hall–Kier alpha value is -0.870. The zero-order chi connectivity index (χ0) is 13.1. The van der Waals surface area contributed by atoms with Gasteiger partial charge in [0.05, 0.1) is 12.5 Å². The third-order valence-electron chi connectivity index (χ3n) is 3.33. The van der Waals surface area contributed by atoms with Crippen LogP contribution in [0, 0.1) is 12.8 Å². The third kappa shape index (κ3) is 3.82. The molecule has 0 unspecified atom stereocenters. The van der Waals surface area contributed by atoms with Crippen LogP contribution in [0.25, 0.3) is 0 Å². The number of aliphatic hydroxyl groups is 1. The Morgan fingerprint density at radius 3 is 2.89 bits per heavy atom. The minimum absolute atomic E-state index is 0.0277. The summed E-state index contributed by atoms with van der Waals surface area (Å²) < 4.78 is 1.02. The highest BCUT2D eigenvalue weighted by Crippen LogP contribution is 2.32. The molecule has 1 atom stereocenters. The van der Waals surface area contributed by atoms with Crippen molar-refractivity contribution >= 4 is 21.8 Å². The van der Waals surface area contributed by atoms with E-state index in [0.29, 0.717) is 18.9 Å². The van der Waals surface area contributed by atoms with Gasteiger partial charge in [-0.1, -0.05) is 22.0 Å². The zero-order valence-corrected chi connectivity index (χ0v) is 12.0. The lowest BCUT2D eigenvalue weighted by atomic mass is 10.1. The molecule has 1 aromatic rings. The van der Waals surface area contributed by atoms with Gasteiger partial charge in [-0.3, -0.25) is 4.79 Å². The summed E-state index contributed by atoms with van der Waals surface area (Å²) >= 11 is 3.40. The summed E-state index contributed by atoms with van der Waals surface area (Å²) in [4.78, 5) is 11.8. The molecule has 3 nitrogen and oxygen atoms in total. The number of aliphatic hydroxyl groups excluding tert-OH is 1. The first-order valence-electron chi connectivity index (χ1n) is 6.26. The Labute approximate surface area is 116 Å². The first-order chi connectivity index (χ1) is 8.56. The van der Waals surface area contributed by atoms with Crippen molar-refractivity contribution < 1.29 is 9.90 Å². The monoisotopic (exact) mass is 311 g/mol. The molecule has 0 bridgehead atoms. The lowest BCUT2D eigenvalue weighted by Crippen LogP contribution is -2.34. The van der Waals surface area contributed by atoms with Crippen molar-refractivity contribution in [2.75, 3.05) is 6.54 Å². The van der Waals surface area contributed by atoms with Crippen LogP contribution in [0.1, 0.15) is 24.0 Å². The molecule has 98 valence electrons.